The van der Waals surface area contributed by atoms with Gasteiger partial charge in [0.25, 0.3) is 11.8 Å². The van der Waals surface area contributed by atoms with Crippen molar-refractivity contribution in [1.29, 1.82) is 0 Å². The van der Waals surface area contributed by atoms with Gasteiger partial charge in [0.2, 0.25) is 23.4 Å². The molecule has 4 aromatic heterocycles. The molecule has 0 radical (unpaired) electrons. The minimum Gasteiger partial charge on any atom is -0.492 e. The number of pyridine rings is 2. The lowest BCUT2D eigenvalue weighted by molar-refractivity contribution is -0.167. The van der Waals surface area contributed by atoms with Crippen LogP contribution in [0.4, 0.5) is 49.1 Å². The summed E-state index contributed by atoms with van der Waals surface area (Å²) in [6, 6.07) is 27.2. The van der Waals surface area contributed by atoms with E-state index >= 15 is 0 Å². The number of anilines is 4. The average Bonchev–Trinajstić information content (AvgIpc) is 2.17. The first-order valence-electron chi connectivity index (χ1n) is 26.1. The molecule has 28 heteroatoms. The predicted molar refractivity (Wildman–Crippen MR) is 302 cm³/mol. The maximum atomic E-state index is 13.9. The van der Waals surface area contributed by atoms with Crippen LogP contribution in [0.1, 0.15) is 97.5 Å². The van der Waals surface area contributed by atoms with Gasteiger partial charge in [0.05, 0.1) is 69.4 Å². The van der Waals surface area contributed by atoms with Gasteiger partial charge in [-0.05, 0) is 111 Å². The molecular formula is C60H48F6N8O14. The van der Waals surface area contributed by atoms with Gasteiger partial charge in [-0.2, -0.15) is 26.3 Å². The highest BCUT2D eigenvalue weighted by atomic mass is 19.4. The lowest BCUT2D eigenvalue weighted by atomic mass is 10.0. The molecule has 0 saturated carbocycles. The number of carbonyl (C=O) groups excluding carboxylic acids is 8. The molecule has 0 aliphatic heterocycles. The maximum absolute atomic E-state index is 13.9. The van der Waals surface area contributed by atoms with E-state index in [1.54, 1.807) is 60.7 Å². The molecule has 454 valence electrons. The van der Waals surface area contributed by atoms with E-state index in [0.717, 1.165) is 36.4 Å². The molecule has 0 bridgehead atoms. The number of amides is 6. The second-order valence-corrected chi connectivity index (χ2v) is 19.2. The number of ether oxygens (including phenoxy) is 2. The first kappa shape index (κ1) is 62.7. The Morgan fingerprint density at radius 1 is 0.466 bits per heavy atom. The molecule has 6 amide bonds. The molecule has 0 atom stereocenters. The minimum absolute atomic E-state index is 0.00601. The molecule has 0 unspecified atom stereocenters. The predicted octanol–water partition coefficient (Wildman–Crippen LogP) is 8.64. The van der Waals surface area contributed by atoms with E-state index in [2.05, 4.69) is 21.3 Å². The van der Waals surface area contributed by atoms with Gasteiger partial charge in [0.1, 0.15) is 24.7 Å². The smallest absolute Gasteiger partial charge is 0.471 e. The van der Waals surface area contributed by atoms with Crippen LogP contribution in [0.2, 0.25) is 0 Å². The fourth-order valence-corrected chi connectivity index (χ4v) is 9.09. The van der Waals surface area contributed by atoms with E-state index < -0.39 is 93.8 Å². The average molecular weight is 1220 g/mol. The highest BCUT2D eigenvalue weighted by molar-refractivity contribution is 6.17. The van der Waals surface area contributed by atoms with Crippen LogP contribution in [0.25, 0.3) is 11.0 Å². The van der Waals surface area contributed by atoms with Crippen LogP contribution in [0.15, 0.2) is 134 Å². The largest absolute Gasteiger partial charge is 0.492 e. The van der Waals surface area contributed by atoms with Crippen LogP contribution in [0, 0.1) is 13.8 Å². The van der Waals surface area contributed by atoms with Crippen molar-refractivity contribution in [3.8, 4) is 11.5 Å². The molecule has 22 nitrogen and oxygen atoms in total. The zero-order valence-electron chi connectivity index (χ0n) is 45.9. The minimum atomic E-state index is -5.31. The summed E-state index contributed by atoms with van der Waals surface area (Å²) in [5.41, 5.74) is -1.48. The third kappa shape index (κ3) is 14.4. The van der Waals surface area contributed by atoms with Crippen molar-refractivity contribution in [2.24, 2.45) is 0 Å². The highest BCUT2D eigenvalue weighted by Crippen LogP contribution is 2.34. The van der Waals surface area contributed by atoms with Gasteiger partial charge in [-0.25, -0.2) is 9.59 Å². The molecule has 4 aromatic carbocycles. The number of nitrogens with one attached hydrogen (secondary N) is 6. The Labute approximate surface area is 492 Å². The summed E-state index contributed by atoms with van der Waals surface area (Å²) in [7, 11) is 0. The summed E-state index contributed by atoms with van der Waals surface area (Å²) in [5, 5.41) is 33.3. The zero-order valence-corrected chi connectivity index (χ0v) is 45.9. The summed E-state index contributed by atoms with van der Waals surface area (Å²) < 4.78 is 91.9. The van der Waals surface area contributed by atoms with Gasteiger partial charge in [-0.15, -0.1) is 0 Å². The van der Waals surface area contributed by atoms with Gasteiger partial charge >= 0.3 is 36.1 Å². The van der Waals surface area contributed by atoms with Crippen molar-refractivity contribution in [2.45, 2.75) is 39.0 Å². The number of benzene rings is 4. The summed E-state index contributed by atoms with van der Waals surface area (Å²) >= 11 is 0. The van der Waals surface area contributed by atoms with Crippen molar-refractivity contribution < 1.29 is 94.0 Å². The number of aromatic nitrogens is 2. The molecule has 8 rings (SSSR count). The third-order valence-corrected chi connectivity index (χ3v) is 13.3. The number of nitrogens with zero attached hydrogens (tertiary/aromatic N) is 2. The van der Waals surface area contributed by atoms with Gasteiger partial charge in [0.15, 0.2) is 0 Å². The number of alkyl halides is 6. The van der Waals surface area contributed by atoms with Crippen molar-refractivity contribution in [3.05, 3.63) is 190 Å². The molecule has 0 fully saturated rings. The van der Waals surface area contributed by atoms with Crippen LogP contribution < -0.4 is 41.4 Å². The Bertz CT molecular complexity index is 3890. The van der Waals surface area contributed by atoms with Crippen molar-refractivity contribution >= 4 is 92.7 Å². The molecule has 0 spiro atoms. The number of hydrogen-bond acceptors (Lipinski definition) is 12. The number of fused-ring (bicyclic) bond motifs is 2. The molecule has 0 saturated heterocycles. The lowest BCUT2D eigenvalue weighted by Crippen LogP contribution is -2.31. The van der Waals surface area contributed by atoms with Gasteiger partial charge < -0.3 is 60.4 Å². The number of ketones is 2. The van der Waals surface area contributed by atoms with Gasteiger partial charge in [-0.1, -0.05) is 24.3 Å². The summed E-state index contributed by atoms with van der Waals surface area (Å²) in [5.74, 6) is -11.4. The molecule has 88 heavy (non-hydrogen) atoms. The Hall–Kier alpha value is -11.3. The maximum Gasteiger partial charge on any atom is 0.471 e. The summed E-state index contributed by atoms with van der Waals surface area (Å²) in [4.78, 5) is 127. The number of halogens is 6. The molecular weight excluding hydrogens is 1170 g/mol. The van der Waals surface area contributed by atoms with Crippen LogP contribution in [-0.4, -0.2) is 117 Å². The number of rotatable bonds is 23. The monoisotopic (exact) mass is 1220 g/mol. The molecule has 8 aromatic rings. The number of hydrogen-bond donors (Lipinski definition) is 8. The Balaban J connectivity index is 0.784. The molecule has 8 N–H and O–H groups in total. The highest BCUT2D eigenvalue weighted by Gasteiger charge is 2.40. The van der Waals surface area contributed by atoms with Crippen molar-refractivity contribution in [3.63, 3.8) is 0 Å². The Morgan fingerprint density at radius 2 is 0.852 bits per heavy atom. The molecule has 0 aliphatic rings. The normalized spacial score (nSPS) is 11.3. The van der Waals surface area contributed by atoms with Crippen molar-refractivity contribution in [2.75, 3.05) is 47.6 Å². The lowest BCUT2D eigenvalue weighted by Gasteiger charge is -2.12. The summed E-state index contributed by atoms with van der Waals surface area (Å²) in [6.45, 7) is 3.03. The van der Waals surface area contributed by atoms with Crippen LogP contribution >= 0.6 is 0 Å². The number of carboxylic acids is 2. The van der Waals surface area contributed by atoms with E-state index in [9.17, 15) is 84.5 Å². The second kappa shape index (κ2) is 26.3. The summed E-state index contributed by atoms with van der Waals surface area (Å²) in [6.07, 6.45) is -7.95. The SMILES string of the molecule is Cc1c(NC(=O)c2cccc(OCCNC(=O)CCC(=O)NCCOc3cccc(C(=O)Nc4c(C)c(C(=O)c5ccc(NC(=O)C(F)(F)F)c(C(=O)O)c5)n5ccccc45)c3)c2)c2ccccn2c1C(=O)c1ccc(NC(=O)C(F)(F)F)c(C(=O)O)c1. The standard InChI is InChI=1S/C60H48F6N8O14/c1-31-47(43-13-3-5-23-73(43)49(31)51(77)33-15-17-41(39(29-33)55(81)82)69-57(85)59(61,62)63)71-53(79)35-9-7-11-37(27-35)87-25-21-67-45(75)19-20-46(76)68-22-26-88-38-12-8-10-36(28-38)54(80)72-48-32(2)50(74-24-6-4-14-44(48)74)52(78)34-16-18-42(40(30-34)56(83)84)70-58(86)60(64,65)66/h3-18,23-24,27-30H,19-22,25-26H2,1-2H3,(H,67,75)(H,68,76)(H,69,85)(H,70,86)(H,71,79)(H,72,80)(H,81,82)(H,83,84). The number of carboxylic acid groups (broad SMARTS) is 2. The van der Waals surface area contributed by atoms with E-state index in [4.69, 9.17) is 9.47 Å². The van der Waals surface area contributed by atoms with Gasteiger partial charge in [0, 0.05) is 58.6 Å². The van der Waals surface area contributed by atoms with Crippen LogP contribution in [-0.2, 0) is 19.2 Å². The zero-order chi connectivity index (χ0) is 63.8. The molecule has 4 heterocycles. The molecule has 0 aliphatic carbocycles. The first-order valence-corrected chi connectivity index (χ1v) is 26.1. The van der Waals surface area contributed by atoms with Gasteiger partial charge in [-0.3, -0.25) is 38.4 Å². The Kier molecular flexibility index (Phi) is 18.7. The fraction of sp³-hybridized carbons (Fsp3) is 0.167. The number of carbonyl (C=O) groups is 10. The fourth-order valence-electron chi connectivity index (χ4n) is 9.09. The van der Waals surface area contributed by atoms with E-state index in [1.807, 2.05) is 0 Å². The quantitative estimate of drug-likeness (QED) is 0.0169. The first-order chi connectivity index (χ1) is 41.7. The number of aromatic carboxylic acids is 2. The van der Waals surface area contributed by atoms with Crippen molar-refractivity contribution in [1.82, 2.24) is 19.4 Å². The van der Waals surface area contributed by atoms with E-state index in [-0.39, 0.29) is 107 Å². The van der Waals surface area contributed by atoms with E-state index in [1.165, 1.54) is 69.9 Å². The Morgan fingerprint density at radius 3 is 1.22 bits per heavy atom. The van der Waals surface area contributed by atoms with Crippen LogP contribution in [0.3, 0.4) is 0 Å². The van der Waals surface area contributed by atoms with E-state index in [0.29, 0.717) is 11.0 Å². The topological polar surface area (TPSA) is 311 Å². The van der Waals surface area contributed by atoms with Crippen LogP contribution in [0.5, 0.6) is 11.5 Å². The second-order valence-electron chi connectivity index (χ2n) is 19.2. The third-order valence-electron chi connectivity index (χ3n) is 13.3.